The van der Waals surface area contributed by atoms with Gasteiger partial charge in [0.05, 0.1) is 11.4 Å². The fraction of sp³-hybridized carbons (Fsp3) is 0.394. The lowest BCUT2D eigenvalue weighted by atomic mass is 10.0. The number of fused-ring (bicyclic) bond motifs is 1. The van der Waals surface area contributed by atoms with Gasteiger partial charge in [0.1, 0.15) is 25.8 Å². The molecule has 43 heavy (non-hydrogen) atoms. The number of anilines is 1. The second kappa shape index (κ2) is 14.4. The van der Waals surface area contributed by atoms with Crippen LogP contribution in [0.3, 0.4) is 0 Å². The molecule has 0 unspecified atom stereocenters. The van der Waals surface area contributed by atoms with E-state index >= 15 is 0 Å². The molecule has 0 spiro atoms. The van der Waals surface area contributed by atoms with Crippen LogP contribution in [0.15, 0.2) is 72.8 Å². The molecule has 0 aromatic heterocycles. The van der Waals surface area contributed by atoms with E-state index in [-0.39, 0.29) is 30.7 Å². The minimum Gasteiger partial charge on any atom is -0.486 e. The SMILES string of the molecule is CC[C@H](C)NC(=O)[C@H](Cc1ccccc1)N(Cc1ccc(C)cc1)C(=O)CN(c1ccc2c(c1)OCCO2)S(=O)(=O)CC. The lowest BCUT2D eigenvalue weighted by Crippen LogP contribution is -2.54. The van der Waals surface area contributed by atoms with Gasteiger partial charge in [-0.15, -0.1) is 0 Å². The van der Waals surface area contributed by atoms with Crippen molar-refractivity contribution in [3.8, 4) is 11.5 Å². The Morgan fingerprint density at radius 3 is 2.23 bits per heavy atom. The number of hydrogen-bond donors (Lipinski definition) is 1. The highest BCUT2D eigenvalue weighted by Gasteiger charge is 2.34. The van der Waals surface area contributed by atoms with Gasteiger partial charge in [-0.3, -0.25) is 13.9 Å². The van der Waals surface area contributed by atoms with E-state index in [9.17, 15) is 18.0 Å². The van der Waals surface area contributed by atoms with Gasteiger partial charge in [0.2, 0.25) is 21.8 Å². The normalized spacial score (nSPS) is 14.0. The average molecular weight is 608 g/mol. The topological polar surface area (TPSA) is 105 Å². The first-order valence-corrected chi connectivity index (χ1v) is 16.3. The molecule has 0 radical (unpaired) electrons. The van der Waals surface area contributed by atoms with Gasteiger partial charge in [0, 0.05) is 25.1 Å². The van der Waals surface area contributed by atoms with Gasteiger partial charge in [-0.2, -0.15) is 0 Å². The third-order valence-corrected chi connectivity index (χ3v) is 9.28. The maximum atomic E-state index is 14.3. The third-order valence-electron chi connectivity index (χ3n) is 7.54. The van der Waals surface area contributed by atoms with Crippen LogP contribution in [0.2, 0.25) is 0 Å². The Morgan fingerprint density at radius 2 is 1.58 bits per heavy atom. The number of sulfonamides is 1. The highest BCUT2D eigenvalue weighted by Crippen LogP contribution is 2.35. The molecule has 10 heteroatoms. The van der Waals surface area contributed by atoms with Gasteiger partial charge in [-0.1, -0.05) is 67.1 Å². The number of nitrogens with one attached hydrogen (secondary N) is 1. The molecule has 1 aliphatic rings. The highest BCUT2D eigenvalue weighted by molar-refractivity contribution is 7.92. The van der Waals surface area contributed by atoms with Crippen LogP contribution in [-0.2, 0) is 32.6 Å². The summed E-state index contributed by atoms with van der Waals surface area (Å²) in [5.74, 6) is -0.0652. The molecule has 2 amide bonds. The number of carbonyl (C=O) groups is 2. The standard InChI is InChI=1S/C33H41N3O6S/c1-5-25(4)34-33(38)29(20-26-10-8-7-9-11-26)35(22-27-14-12-24(3)13-15-27)32(37)23-36(43(39,40)6-2)28-16-17-30-31(21-28)42-19-18-41-30/h7-17,21,25,29H,5-6,18-20,22-23H2,1-4H3,(H,34,38)/t25-,29-/m0/s1. The van der Waals surface area contributed by atoms with Crippen LogP contribution in [0.4, 0.5) is 5.69 Å². The van der Waals surface area contributed by atoms with Crippen molar-refractivity contribution in [3.63, 3.8) is 0 Å². The maximum Gasteiger partial charge on any atom is 0.244 e. The summed E-state index contributed by atoms with van der Waals surface area (Å²) in [5.41, 5.74) is 3.07. The van der Waals surface area contributed by atoms with Crippen LogP contribution < -0.4 is 19.1 Å². The molecule has 1 aliphatic heterocycles. The predicted octanol–water partition coefficient (Wildman–Crippen LogP) is 4.48. The Labute approximate surface area is 254 Å². The maximum absolute atomic E-state index is 14.3. The summed E-state index contributed by atoms with van der Waals surface area (Å²) in [4.78, 5) is 29.6. The molecule has 0 saturated heterocycles. The molecule has 230 valence electrons. The van der Waals surface area contributed by atoms with Crippen molar-refractivity contribution in [3.05, 3.63) is 89.5 Å². The highest BCUT2D eigenvalue weighted by atomic mass is 32.2. The molecule has 0 bridgehead atoms. The summed E-state index contributed by atoms with van der Waals surface area (Å²) in [5, 5.41) is 3.05. The van der Waals surface area contributed by atoms with E-state index in [1.807, 2.05) is 75.4 Å². The largest absolute Gasteiger partial charge is 0.486 e. The fourth-order valence-electron chi connectivity index (χ4n) is 4.79. The van der Waals surface area contributed by atoms with Crippen molar-refractivity contribution in [2.45, 2.75) is 59.2 Å². The Kier molecular flexibility index (Phi) is 10.7. The van der Waals surface area contributed by atoms with Crippen LogP contribution in [0, 0.1) is 6.92 Å². The van der Waals surface area contributed by atoms with Crippen molar-refractivity contribution in [2.24, 2.45) is 0 Å². The summed E-state index contributed by atoms with van der Waals surface area (Å²) in [6.07, 6.45) is 0.994. The van der Waals surface area contributed by atoms with Crippen molar-refractivity contribution in [1.82, 2.24) is 10.2 Å². The number of nitrogens with zero attached hydrogens (tertiary/aromatic N) is 2. The van der Waals surface area contributed by atoms with Crippen molar-refractivity contribution in [2.75, 3.05) is 29.8 Å². The average Bonchev–Trinajstić information content (AvgIpc) is 3.02. The summed E-state index contributed by atoms with van der Waals surface area (Å²) in [6, 6.07) is 21.1. The lowest BCUT2D eigenvalue weighted by Gasteiger charge is -2.34. The smallest absolute Gasteiger partial charge is 0.244 e. The molecule has 9 nitrogen and oxygen atoms in total. The van der Waals surface area contributed by atoms with Gasteiger partial charge in [-0.25, -0.2) is 8.42 Å². The van der Waals surface area contributed by atoms with Crippen LogP contribution >= 0.6 is 0 Å². The van der Waals surface area contributed by atoms with Gasteiger partial charge in [0.15, 0.2) is 11.5 Å². The van der Waals surface area contributed by atoms with E-state index in [4.69, 9.17) is 9.47 Å². The number of hydrogen-bond acceptors (Lipinski definition) is 6. The van der Waals surface area contributed by atoms with Gasteiger partial charge < -0.3 is 19.7 Å². The van der Waals surface area contributed by atoms with E-state index in [0.717, 1.165) is 27.4 Å². The first-order chi connectivity index (χ1) is 20.6. The van der Waals surface area contributed by atoms with Crippen molar-refractivity contribution >= 4 is 27.5 Å². The summed E-state index contributed by atoms with van der Waals surface area (Å²) in [6.45, 7) is 7.80. The minimum absolute atomic E-state index is 0.100. The van der Waals surface area contributed by atoms with E-state index in [2.05, 4.69) is 5.32 Å². The molecular weight excluding hydrogens is 566 g/mol. The van der Waals surface area contributed by atoms with Crippen molar-refractivity contribution < 1.29 is 27.5 Å². The number of amides is 2. The predicted molar refractivity (Wildman–Crippen MR) is 168 cm³/mol. The van der Waals surface area contributed by atoms with Gasteiger partial charge in [0.25, 0.3) is 0 Å². The third kappa shape index (κ3) is 8.28. The zero-order valence-electron chi connectivity index (χ0n) is 25.3. The van der Waals surface area contributed by atoms with Crippen LogP contribution in [0.5, 0.6) is 11.5 Å². The molecule has 1 heterocycles. The van der Waals surface area contributed by atoms with E-state index in [0.29, 0.717) is 30.4 Å². The Bertz CT molecular complexity index is 1490. The molecule has 0 saturated carbocycles. The Balaban J connectivity index is 1.75. The number of aryl methyl sites for hydroxylation is 1. The minimum atomic E-state index is -3.89. The van der Waals surface area contributed by atoms with Crippen molar-refractivity contribution in [1.29, 1.82) is 0 Å². The molecule has 3 aromatic rings. The molecule has 0 fully saturated rings. The van der Waals surface area contributed by atoms with Gasteiger partial charge in [-0.05, 0) is 50.5 Å². The lowest BCUT2D eigenvalue weighted by molar-refractivity contribution is -0.140. The zero-order chi connectivity index (χ0) is 31.0. The summed E-state index contributed by atoms with van der Waals surface area (Å²) in [7, 11) is -3.89. The monoisotopic (exact) mass is 607 g/mol. The van der Waals surface area contributed by atoms with E-state index in [1.54, 1.807) is 18.2 Å². The van der Waals surface area contributed by atoms with E-state index < -0.39 is 28.5 Å². The second-order valence-electron chi connectivity index (χ2n) is 10.8. The van der Waals surface area contributed by atoms with Crippen LogP contribution in [-0.4, -0.2) is 62.7 Å². The summed E-state index contributed by atoms with van der Waals surface area (Å²) < 4.78 is 39.2. The molecule has 4 rings (SSSR count). The van der Waals surface area contributed by atoms with Crippen LogP contribution in [0.25, 0.3) is 0 Å². The Morgan fingerprint density at radius 1 is 0.907 bits per heavy atom. The molecule has 0 aliphatic carbocycles. The van der Waals surface area contributed by atoms with E-state index in [1.165, 1.54) is 11.8 Å². The zero-order valence-corrected chi connectivity index (χ0v) is 26.1. The number of rotatable bonds is 13. The Hall–Kier alpha value is -4.05. The quantitative estimate of drug-likeness (QED) is 0.307. The fourth-order valence-corrected chi connectivity index (χ4v) is 5.85. The number of benzene rings is 3. The molecule has 1 N–H and O–H groups in total. The van der Waals surface area contributed by atoms with Crippen LogP contribution in [0.1, 0.15) is 43.9 Å². The number of carbonyl (C=O) groups excluding carboxylic acids is 2. The second-order valence-corrected chi connectivity index (χ2v) is 12.9. The van der Waals surface area contributed by atoms with Gasteiger partial charge >= 0.3 is 0 Å². The first-order valence-electron chi connectivity index (χ1n) is 14.7. The number of ether oxygens (including phenoxy) is 2. The first kappa shape index (κ1) is 31.9. The molecule has 2 atom stereocenters. The molecular formula is C33H41N3O6S. The summed E-state index contributed by atoms with van der Waals surface area (Å²) >= 11 is 0. The molecule has 3 aromatic carbocycles.